The van der Waals surface area contributed by atoms with Gasteiger partial charge in [-0.3, -0.25) is 9.89 Å². The molecule has 7 nitrogen and oxygen atoms in total. The van der Waals surface area contributed by atoms with E-state index in [-0.39, 0.29) is 18.0 Å². The predicted molar refractivity (Wildman–Crippen MR) is 52.2 cm³/mol. The molecule has 8 heteroatoms. The van der Waals surface area contributed by atoms with Gasteiger partial charge in [0.1, 0.15) is 0 Å². The van der Waals surface area contributed by atoms with Gasteiger partial charge in [-0.25, -0.2) is 13.1 Å². The first-order valence-electron chi connectivity index (χ1n) is 4.30. The summed E-state index contributed by atoms with van der Waals surface area (Å²) in [4.78, 5) is 10.4. The number of hydrogen-bond donors (Lipinski definition) is 3. The molecule has 1 aromatic heterocycles. The van der Waals surface area contributed by atoms with Crippen LogP contribution in [0.3, 0.4) is 0 Å². The summed E-state index contributed by atoms with van der Waals surface area (Å²) in [5, 5.41) is 5.86. The molecule has 0 radical (unpaired) electrons. The maximum absolute atomic E-state index is 11.4. The van der Waals surface area contributed by atoms with E-state index in [0.29, 0.717) is 6.42 Å². The molecule has 0 aliphatic heterocycles. The van der Waals surface area contributed by atoms with Gasteiger partial charge in [0.25, 0.3) is 10.0 Å². The number of nitrogens with two attached hydrogens (primary N) is 1. The lowest BCUT2D eigenvalue weighted by Crippen LogP contribution is -2.26. The molecule has 1 aromatic rings. The van der Waals surface area contributed by atoms with Crippen molar-refractivity contribution in [2.24, 2.45) is 5.73 Å². The monoisotopic (exact) mass is 232 g/mol. The van der Waals surface area contributed by atoms with E-state index in [1.807, 2.05) is 0 Å². The highest BCUT2D eigenvalue weighted by molar-refractivity contribution is 7.89. The van der Waals surface area contributed by atoms with E-state index in [9.17, 15) is 13.2 Å². The number of primary amides is 1. The van der Waals surface area contributed by atoms with Crippen molar-refractivity contribution in [3.05, 3.63) is 12.3 Å². The van der Waals surface area contributed by atoms with Crippen molar-refractivity contribution in [1.29, 1.82) is 0 Å². The molecule has 1 amide bonds. The first-order chi connectivity index (χ1) is 7.02. The third kappa shape index (κ3) is 3.68. The molecule has 0 fully saturated rings. The van der Waals surface area contributed by atoms with E-state index < -0.39 is 15.9 Å². The lowest BCUT2D eigenvalue weighted by atomic mass is 10.3. The largest absolute Gasteiger partial charge is 0.370 e. The zero-order valence-corrected chi connectivity index (χ0v) is 8.75. The second-order valence-electron chi connectivity index (χ2n) is 2.89. The average molecular weight is 232 g/mol. The molecule has 0 bridgehead atoms. The second-order valence-corrected chi connectivity index (χ2v) is 4.62. The molecule has 0 unspecified atom stereocenters. The molecule has 0 aliphatic rings. The molecular weight excluding hydrogens is 220 g/mol. The molecule has 1 heterocycles. The average Bonchev–Trinajstić information content (AvgIpc) is 2.65. The molecule has 0 aliphatic carbocycles. The third-order valence-electron chi connectivity index (χ3n) is 1.66. The molecule has 0 atom stereocenters. The van der Waals surface area contributed by atoms with Crippen molar-refractivity contribution in [1.82, 2.24) is 14.9 Å². The van der Waals surface area contributed by atoms with Crippen molar-refractivity contribution in [3.63, 3.8) is 0 Å². The van der Waals surface area contributed by atoms with Crippen LogP contribution in [-0.2, 0) is 14.8 Å². The summed E-state index contributed by atoms with van der Waals surface area (Å²) in [5.74, 6) is -0.448. The summed E-state index contributed by atoms with van der Waals surface area (Å²) >= 11 is 0. The lowest BCUT2D eigenvalue weighted by molar-refractivity contribution is -0.118. The first-order valence-corrected chi connectivity index (χ1v) is 5.78. The van der Waals surface area contributed by atoms with Crippen LogP contribution in [0.5, 0.6) is 0 Å². The fourth-order valence-electron chi connectivity index (χ4n) is 0.940. The van der Waals surface area contributed by atoms with Crippen LogP contribution >= 0.6 is 0 Å². The van der Waals surface area contributed by atoms with Crippen LogP contribution in [0.4, 0.5) is 0 Å². The van der Waals surface area contributed by atoms with E-state index in [2.05, 4.69) is 14.9 Å². The van der Waals surface area contributed by atoms with Crippen LogP contribution < -0.4 is 10.5 Å². The Hall–Kier alpha value is -1.41. The third-order valence-corrected chi connectivity index (χ3v) is 3.05. The van der Waals surface area contributed by atoms with Crippen molar-refractivity contribution in [2.75, 3.05) is 6.54 Å². The Kier molecular flexibility index (Phi) is 3.81. The summed E-state index contributed by atoms with van der Waals surface area (Å²) in [7, 11) is -3.54. The fourth-order valence-corrected chi connectivity index (χ4v) is 1.92. The Morgan fingerprint density at radius 3 is 2.87 bits per heavy atom. The van der Waals surface area contributed by atoms with Gasteiger partial charge in [-0.2, -0.15) is 5.10 Å². The number of rotatable bonds is 6. The SMILES string of the molecule is NC(=O)CCCNS(=O)(=O)c1ccn[nH]1. The summed E-state index contributed by atoms with van der Waals surface area (Å²) in [6.45, 7) is 0.171. The summed E-state index contributed by atoms with van der Waals surface area (Å²) in [6.07, 6.45) is 1.88. The predicted octanol–water partition coefficient (Wildman–Crippen LogP) is -1.05. The highest BCUT2D eigenvalue weighted by Crippen LogP contribution is 2.01. The van der Waals surface area contributed by atoms with Gasteiger partial charge >= 0.3 is 0 Å². The number of H-pyrrole nitrogens is 1. The van der Waals surface area contributed by atoms with Crippen LogP contribution in [0, 0.1) is 0 Å². The number of aromatic amines is 1. The normalized spacial score (nSPS) is 11.5. The number of carbonyl (C=O) groups is 1. The Labute approximate surface area is 87.1 Å². The molecule has 0 saturated heterocycles. The highest BCUT2D eigenvalue weighted by atomic mass is 32.2. The molecule has 1 rings (SSSR count). The topological polar surface area (TPSA) is 118 Å². The number of sulfonamides is 1. The van der Waals surface area contributed by atoms with Crippen LogP contribution in [0.25, 0.3) is 0 Å². The van der Waals surface area contributed by atoms with Crippen molar-refractivity contribution >= 4 is 15.9 Å². The van der Waals surface area contributed by atoms with Crippen LogP contribution in [0.2, 0.25) is 0 Å². The van der Waals surface area contributed by atoms with Crippen molar-refractivity contribution in [2.45, 2.75) is 17.9 Å². The minimum atomic E-state index is -3.54. The molecule has 15 heavy (non-hydrogen) atoms. The maximum atomic E-state index is 11.4. The van der Waals surface area contributed by atoms with E-state index in [1.54, 1.807) is 0 Å². The second kappa shape index (κ2) is 4.89. The number of hydrogen-bond acceptors (Lipinski definition) is 4. The zero-order valence-electron chi connectivity index (χ0n) is 7.93. The molecule has 4 N–H and O–H groups in total. The standard InChI is InChI=1S/C7H12N4O3S/c8-6(12)2-1-4-10-15(13,14)7-3-5-9-11-7/h3,5,10H,1-2,4H2,(H2,8,12)(H,9,11). The van der Waals surface area contributed by atoms with Crippen LogP contribution in [-0.4, -0.2) is 31.1 Å². The summed E-state index contributed by atoms with van der Waals surface area (Å²) in [5.41, 5.74) is 4.90. The number of aromatic nitrogens is 2. The molecule has 0 saturated carbocycles. The Morgan fingerprint density at radius 2 is 2.33 bits per heavy atom. The van der Waals surface area contributed by atoms with Crippen LogP contribution in [0.15, 0.2) is 17.3 Å². The van der Waals surface area contributed by atoms with E-state index in [0.717, 1.165) is 0 Å². The lowest BCUT2D eigenvalue weighted by Gasteiger charge is -2.02. The Morgan fingerprint density at radius 1 is 1.60 bits per heavy atom. The quantitative estimate of drug-likeness (QED) is 0.542. The number of amides is 1. The summed E-state index contributed by atoms with van der Waals surface area (Å²) in [6, 6.07) is 1.34. The van der Waals surface area contributed by atoms with Crippen LogP contribution in [0.1, 0.15) is 12.8 Å². The minimum Gasteiger partial charge on any atom is -0.370 e. The maximum Gasteiger partial charge on any atom is 0.257 e. The van der Waals surface area contributed by atoms with E-state index >= 15 is 0 Å². The van der Waals surface area contributed by atoms with Gasteiger partial charge in [-0.05, 0) is 12.5 Å². The summed E-state index contributed by atoms with van der Waals surface area (Å²) < 4.78 is 25.2. The van der Waals surface area contributed by atoms with Gasteiger partial charge < -0.3 is 5.73 Å². The first kappa shape index (κ1) is 11.7. The molecular formula is C7H12N4O3S. The number of carbonyl (C=O) groups excluding carboxylic acids is 1. The molecule has 0 spiro atoms. The van der Waals surface area contributed by atoms with E-state index in [4.69, 9.17) is 5.73 Å². The van der Waals surface area contributed by atoms with Gasteiger partial charge in [-0.15, -0.1) is 0 Å². The molecule has 0 aromatic carbocycles. The molecule has 84 valence electrons. The van der Waals surface area contributed by atoms with Crippen molar-refractivity contribution in [3.8, 4) is 0 Å². The van der Waals surface area contributed by atoms with Gasteiger partial charge in [0.2, 0.25) is 5.91 Å². The Balaban J connectivity index is 2.42. The minimum absolute atomic E-state index is 0.00146. The van der Waals surface area contributed by atoms with Gasteiger partial charge in [-0.1, -0.05) is 0 Å². The smallest absolute Gasteiger partial charge is 0.257 e. The highest BCUT2D eigenvalue weighted by Gasteiger charge is 2.13. The van der Waals surface area contributed by atoms with Gasteiger partial charge in [0, 0.05) is 13.0 Å². The van der Waals surface area contributed by atoms with Crippen molar-refractivity contribution < 1.29 is 13.2 Å². The van der Waals surface area contributed by atoms with E-state index in [1.165, 1.54) is 12.3 Å². The number of nitrogens with zero attached hydrogens (tertiary/aromatic N) is 1. The fraction of sp³-hybridized carbons (Fsp3) is 0.429. The zero-order chi connectivity index (χ0) is 11.3. The number of nitrogens with one attached hydrogen (secondary N) is 2. The van der Waals surface area contributed by atoms with Gasteiger partial charge in [0.05, 0.1) is 6.20 Å². The van der Waals surface area contributed by atoms with Gasteiger partial charge in [0.15, 0.2) is 5.03 Å². The Bertz CT molecular complexity index is 411.